The number of carbonyl (C=O) groups is 2. The summed E-state index contributed by atoms with van der Waals surface area (Å²) in [6, 6.07) is -0.315. The third-order valence-electron chi connectivity index (χ3n) is 6.08. The van der Waals surface area contributed by atoms with Crippen molar-refractivity contribution in [2.75, 3.05) is 31.1 Å². The van der Waals surface area contributed by atoms with Gasteiger partial charge < -0.3 is 14.8 Å². The summed E-state index contributed by atoms with van der Waals surface area (Å²) in [6.07, 6.45) is 7.53. The van der Waals surface area contributed by atoms with Crippen LogP contribution >= 0.6 is 0 Å². The van der Waals surface area contributed by atoms with Crippen molar-refractivity contribution in [1.82, 2.24) is 19.8 Å². The number of likely N-dealkylation sites (tertiary alicyclic amines) is 1. The number of piperidine rings is 2. The van der Waals surface area contributed by atoms with Crippen molar-refractivity contribution < 1.29 is 9.59 Å². The number of anilines is 1. The summed E-state index contributed by atoms with van der Waals surface area (Å²) < 4.78 is 0. The zero-order valence-corrected chi connectivity index (χ0v) is 16.6. The number of amides is 3. The second-order valence-corrected chi connectivity index (χ2v) is 8.00. The molecule has 0 bridgehead atoms. The van der Waals surface area contributed by atoms with Crippen LogP contribution in [0.3, 0.4) is 0 Å². The van der Waals surface area contributed by atoms with Gasteiger partial charge in [0.05, 0.1) is 11.6 Å². The molecule has 1 aromatic heterocycles. The highest BCUT2D eigenvalue weighted by molar-refractivity contribution is 5.96. The van der Waals surface area contributed by atoms with Crippen molar-refractivity contribution in [3.63, 3.8) is 0 Å². The third-order valence-corrected chi connectivity index (χ3v) is 6.08. The Labute approximate surface area is 164 Å². The molecule has 0 aliphatic carbocycles. The summed E-state index contributed by atoms with van der Waals surface area (Å²) >= 11 is 0. The van der Waals surface area contributed by atoms with E-state index < -0.39 is 0 Å². The lowest BCUT2D eigenvalue weighted by molar-refractivity contribution is 0.0710. The van der Waals surface area contributed by atoms with Gasteiger partial charge in [-0.05, 0) is 44.9 Å². The number of aromatic amines is 1. The standard InChI is InChI=1S/C20H29N5O3/c1-2-3-12-25-17-15(14-9-5-8-13-24(14)20(25)28)18(26)22-16(21-17)19(27)23-10-6-4-7-11-23/h14H,2-13H2,1H3,(H,21,22,26). The normalized spacial score (nSPS) is 22.1. The van der Waals surface area contributed by atoms with Crippen LogP contribution in [0.1, 0.15) is 80.5 Å². The molecule has 8 nitrogen and oxygen atoms in total. The summed E-state index contributed by atoms with van der Waals surface area (Å²) in [5, 5.41) is 0. The molecule has 0 radical (unpaired) electrons. The van der Waals surface area contributed by atoms with Crippen LogP contribution in [0, 0.1) is 0 Å². The molecule has 4 heterocycles. The van der Waals surface area contributed by atoms with E-state index in [1.165, 1.54) is 0 Å². The summed E-state index contributed by atoms with van der Waals surface area (Å²) in [4.78, 5) is 51.5. The molecule has 2 fully saturated rings. The fourth-order valence-corrected chi connectivity index (χ4v) is 4.55. The largest absolute Gasteiger partial charge is 0.336 e. The monoisotopic (exact) mass is 387 g/mol. The van der Waals surface area contributed by atoms with Crippen LogP contribution in [-0.4, -0.2) is 57.9 Å². The first-order valence-electron chi connectivity index (χ1n) is 10.6. The van der Waals surface area contributed by atoms with E-state index in [1.807, 2.05) is 4.90 Å². The van der Waals surface area contributed by atoms with E-state index in [2.05, 4.69) is 16.9 Å². The maximum Gasteiger partial charge on any atom is 0.326 e. The number of urea groups is 1. The average Bonchev–Trinajstić information content (AvgIpc) is 2.73. The molecule has 28 heavy (non-hydrogen) atoms. The molecule has 0 spiro atoms. The Morgan fingerprint density at radius 3 is 2.61 bits per heavy atom. The summed E-state index contributed by atoms with van der Waals surface area (Å²) in [5.74, 6) is 0.212. The Bertz CT molecular complexity index is 815. The lowest BCUT2D eigenvalue weighted by Gasteiger charge is -2.43. The highest BCUT2D eigenvalue weighted by Crippen LogP contribution is 2.39. The molecule has 1 unspecified atom stereocenters. The van der Waals surface area contributed by atoms with E-state index in [4.69, 9.17) is 0 Å². The van der Waals surface area contributed by atoms with E-state index in [0.717, 1.165) is 51.4 Å². The molecule has 3 aliphatic heterocycles. The zero-order chi connectivity index (χ0) is 19.7. The second kappa shape index (κ2) is 7.93. The van der Waals surface area contributed by atoms with Crippen LogP contribution in [-0.2, 0) is 0 Å². The maximum absolute atomic E-state index is 13.1. The van der Waals surface area contributed by atoms with Gasteiger partial charge in [-0.15, -0.1) is 0 Å². The van der Waals surface area contributed by atoms with Gasteiger partial charge in [-0.1, -0.05) is 13.3 Å². The predicted molar refractivity (Wildman–Crippen MR) is 106 cm³/mol. The average molecular weight is 387 g/mol. The van der Waals surface area contributed by atoms with Crippen molar-refractivity contribution in [3.05, 3.63) is 21.7 Å². The highest BCUT2D eigenvalue weighted by atomic mass is 16.2. The summed E-state index contributed by atoms with van der Waals surface area (Å²) in [6.45, 7) is 4.62. The number of aromatic nitrogens is 2. The van der Waals surface area contributed by atoms with Crippen LogP contribution in [0.2, 0.25) is 0 Å². The van der Waals surface area contributed by atoms with Gasteiger partial charge >= 0.3 is 6.03 Å². The molecule has 1 aromatic rings. The molecule has 0 saturated carbocycles. The number of H-pyrrole nitrogens is 1. The Morgan fingerprint density at radius 1 is 1.11 bits per heavy atom. The smallest absolute Gasteiger partial charge is 0.326 e. The molecule has 4 rings (SSSR count). The SMILES string of the molecule is CCCCN1C(=O)N2CCCCC2c2c1nc(C(=O)N1CCCCC1)[nH]c2=O. The minimum absolute atomic E-state index is 0.0595. The summed E-state index contributed by atoms with van der Waals surface area (Å²) in [5.41, 5.74) is 0.266. The number of rotatable bonds is 4. The van der Waals surface area contributed by atoms with Gasteiger partial charge in [0.25, 0.3) is 11.5 Å². The lowest BCUT2D eigenvalue weighted by Crippen LogP contribution is -2.54. The quantitative estimate of drug-likeness (QED) is 0.860. The van der Waals surface area contributed by atoms with Crippen molar-refractivity contribution in [2.24, 2.45) is 0 Å². The van der Waals surface area contributed by atoms with Gasteiger partial charge in [-0.25, -0.2) is 9.78 Å². The molecule has 1 atom stereocenters. The summed E-state index contributed by atoms with van der Waals surface area (Å²) in [7, 11) is 0. The number of hydrogen-bond acceptors (Lipinski definition) is 4. The molecule has 8 heteroatoms. The highest BCUT2D eigenvalue weighted by Gasteiger charge is 2.42. The van der Waals surface area contributed by atoms with Crippen LogP contribution in [0.15, 0.2) is 4.79 Å². The first-order chi connectivity index (χ1) is 13.6. The number of nitrogens with zero attached hydrogens (tertiary/aromatic N) is 4. The third kappa shape index (κ3) is 3.29. The second-order valence-electron chi connectivity index (χ2n) is 8.00. The number of unbranched alkanes of at least 4 members (excludes halogenated alkanes) is 1. The van der Waals surface area contributed by atoms with Gasteiger partial charge in [0.1, 0.15) is 5.82 Å². The van der Waals surface area contributed by atoms with Gasteiger partial charge in [-0.3, -0.25) is 14.5 Å². The van der Waals surface area contributed by atoms with Crippen LogP contribution in [0.4, 0.5) is 10.6 Å². The predicted octanol–water partition coefficient (Wildman–Crippen LogP) is 2.66. The van der Waals surface area contributed by atoms with Crippen molar-refractivity contribution in [2.45, 2.75) is 64.3 Å². The molecule has 3 amide bonds. The van der Waals surface area contributed by atoms with E-state index in [0.29, 0.717) is 37.6 Å². The Balaban J connectivity index is 1.75. The van der Waals surface area contributed by atoms with Crippen LogP contribution in [0.5, 0.6) is 0 Å². The Morgan fingerprint density at radius 2 is 1.86 bits per heavy atom. The minimum atomic E-state index is -0.281. The molecule has 152 valence electrons. The Hall–Kier alpha value is -2.38. The Kier molecular flexibility index (Phi) is 5.37. The van der Waals surface area contributed by atoms with E-state index in [9.17, 15) is 14.4 Å². The fourth-order valence-electron chi connectivity index (χ4n) is 4.55. The first kappa shape index (κ1) is 19.0. The fraction of sp³-hybridized carbons (Fsp3) is 0.700. The molecule has 2 saturated heterocycles. The number of fused-ring (bicyclic) bond motifs is 3. The van der Waals surface area contributed by atoms with Gasteiger partial charge in [-0.2, -0.15) is 0 Å². The van der Waals surface area contributed by atoms with Gasteiger partial charge in [0.15, 0.2) is 0 Å². The van der Waals surface area contributed by atoms with Crippen LogP contribution in [0.25, 0.3) is 0 Å². The number of carbonyl (C=O) groups excluding carboxylic acids is 2. The van der Waals surface area contributed by atoms with Crippen molar-refractivity contribution >= 4 is 17.8 Å². The molecular weight excluding hydrogens is 358 g/mol. The van der Waals surface area contributed by atoms with E-state index in [-0.39, 0.29) is 29.4 Å². The first-order valence-corrected chi connectivity index (χ1v) is 10.6. The van der Waals surface area contributed by atoms with Gasteiger partial charge in [0, 0.05) is 26.2 Å². The van der Waals surface area contributed by atoms with E-state index in [1.54, 1.807) is 9.80 Å². The maximum atomic E-state index is 13.1. The molecular formula is C20H29N5O3. The number of hydrogen-bond donors (Lipinski definition) is 1. The molecule has 1 N–H and O–H groups in total. The van der Waals surface area contributed by atoms with Crippen molar-refractivity contribution in [1.29, 1.82) is 0 Å². The topological polar surface area (TPSA) is 89.6 Å². The molecule has 0 aromatic carbocycles. The lowest BCUT2D eigenvalue weighted by atomic mass is 9.94. The zero-order valence-electron chi connectivity index (χ0n) is 16.6. The minimum Gasteiger partial charge on any atom is -0.336 e. The van der Waals surface area contributed by atoms with Gasteiger partial charge in [0.2, 0.25) is 5.82 Å². The molecule has 3 aliphatic rings. The van der Waals surface area contributed by atoms with Crippen LogP contribution < -0.4 is 10.5 Å². The van der Waals surface area contributed by atoms with E-state index >= 15 is 0 Å². The van der Waals surface area contributed by atoms with Crippen molar-refractivity contribution in [3.8, 4) is 0 Å². The number of nitrogens with one attached hydrogen (secondary N) is 1.